The Labute approximate surface area is 182 Å². The number of nitrogens with one attached hydrogen (secondary N) is 1. The molecule has 1 N–H and O–H groups in total. The Morgan fingerprint density at radius 2 is 1.97 bits per heavy atom. The first-order valence-electron chi connectivity index (χ1n) is 10.5. The molecular formula is C24H29FN2O2S. The molecule has 0 radical (unpaired) electrons. The summed E-state index contributed by atoms with van der Waals surface area (Å²) in [6.45, 7) is 3.93. The summed E-state index contributed by atoms with van der Waals surface area (Å²) in [5.74, 6) is -0.0212. The van der Waals surface area contributed by atoms with E-state index in [1.807, 2.05) is 38.1 Å². The quantitative estimate of drug-likeness (QED) is 0.663. The molecule has 1 saturated heterocycles. The maximum Gasteiger partial charge on any atom is 0.243 e. The van der Waals surface area contributed by atoms with Crippen LogP contribution < -0.4 is 5.32 Å². The van der Waals surface area contributed by atoms with Gasteiger partial charge in [0.25, 0.3) is 0 Å². The van der Waals surface area contributed by atoms with Crippen LogP contribution in [0.2, 0.25) is 0 Å². The zero-order valence-electron chi connectivity index (χ0n) is 17.5. The predicted molar refractivity (Wildman–Crippen MR) is 120 cm³/mol. The van der Waals surface area contributed by atoms with E-state index in [2.05, 4.69) is 17.4 Å². The summed E-state index contributed by atoms with van der Waals surface area (Å²) in [7, 11) is 0. The highest BCUT2D eigenvalue weighted by atomic mass is 32.2. The number of benzene rings is 2. The number of rotatable bonds is 8. The van der Waals surface area contributed by atoms with Crippen molar-refractivity contribution in [2.75, 3.05) is 5.75 Å². The molecule has 1 fully saturated rings. The molecule has 0 unspecified atom stereocenters. The standard InChI is InChI=1S/C24H29FN2O2S/c1-3-8-22(28)27-21(16-30-24(27)19-11-7-12-20(25)15-19)23(29)26-17(2)13-14-18-9-5-4-6-10-18/h4-7,9-12,15,17,21,24H,3,8,13-14,16H2,1-2H3,(H,26,29)/t17-,21+,24+/m0/s1. The van der Waals surface area contributed by atoms with Crippen LogP contribution in [0.5, 0.6) is 0 Å². The van der Waals surface area contributed by atoms with Crippen LogP contribution >= 0.6 is 11.8 Å². The van der Waals surface area contributed by atoms with Gasteiger partial charge in [0.05, 0.1) is 0 Å². The number of carbonyl (C=O) groups is 2. The lowest BCUT2D eigenvalue weighted by Crippen LogP contribution is -2.50. The molecule has 1 heterocycles. The van der Waals surface area contributed by atoms with Gasteiger partial charge in [-0.15, -0.1) is 11.8 Å². The van der Waals surface area contributed by atoms with E-state index >= 15 is 0 Å². The minimum absolute atomic E-state index is 0.000877. The van der Waals surface area contributed by atoms with E-state index in [0.29, 0.717) is 18.6 Å². The number of halogens is 1. The van der Waals surface area contributed by atoms with Crippen molar-refractivity contribution in [1.29, 1.82) is 0 Å². The number of amides is 2. The molecule has 3 atom stereocenters. The number of carbonyl (C=O) groups excluding carboxylic acids is 2. The van der Waals surface area contributed by atoms with Gasteiger partial charge in [0.1, 0.15) is 17.2 Å². The number of hydrogen-bond acceptors (Lipinski definition) is 3. The summed E-state index contributed by atoms with van der Waals surface area (Å²) in [5.41, 5.74) is 1.96. The van der Waals surface area contributed by atoms with Crippen LogP contribution in [0.3, 0.4) is 0 Å². The normalized spacial score (nSPS) is 19.5. The van der Waals surface area contributed by atoms with Crippen molar-refractivity contribution in [3.8, 4) is 0 Å². The summed E-state index contributed by atoms with van der Waals surface area (Å²) in [6, 6.07) is 15.9. The van der Waals surface area contributed by atoms with Crippen molar-refractivity contribution < 1.29 is 14.0 Å². The molecule has 2 aromatic rings. The van der Waals surface area contributed by atoms with Crippen LogP contribution in [0.15, 0.2) is 54.6 Å². The number of nitrogens with zero attached hydrogens (tertiary/aromatic N) is 1. The summed E-state index contributed by atoms with van der Waals surface area (Å²) in [4.78, 5) is 27.6. The van der Waals surface area contributed by atoms with Gasteiger partial charge in [-0.3, -0.25) is 9.59 Å². The third kappa shape index (κ3) is 5.63. The van der Waals surface area contributed by atoms with E-state index in [9.17, 15) is 14.0 Å². The van der Waals surface area contributed by atoms with Crippen LogP contribution in [0.4, 0.5) is 4.39 Å². The topological polar surface area (TPSA) is 49.4 Å². The van der Waals surface area contributed by atoms with E-state index in [-0.39, 0.29) is 29.0 Å². The van der Waals surface area contributed by atoms with Crippen molar-refractivity contribution in [2.45, 2.75) is 57.0 Å². The van der Waals surface area contributed by atoms with Gasteiger partial charge >= 0.3 is 0 Å². The van der Waals surface area contributed by atoms with Crippen molar-refractivity contribution in [3.05, 3.63) is 71.5 Å². The lowest BCUT2D eigenvalue weighted by Gasteiger charge is -2.30. The summed E-state index contributed by atoms with van der Waals surface area (Å²) >= 11 is 1.52. The zero-order valence-corrected chi connectivity index (χ0v) is 18.3. The van der Waals surface area contributed by atoms with Crippen molar-refractivity contribution in [3.63, 3.8) is 0 Å². The van der Waals surface area contributed by atoms with Gasteiger partial charge < -0.3 is 10.2 Å². The minimum atomic E-state index is -0.540. The fourth-order valence-corrected chi connectivity index (χ4v) is 5.15. The molecule has 2 amide bonds. The van der Waals surface area contributed by atoms with Gasteiger partial charge in [-0.25, -0.2) is 4.39 Å². The molecule has 6 heteroatoms. The molecule has 0 aliphatic carbocycles. The molecule has 3 rings (SSSR count). The Morgan fingerprint density at radius 1 is 1.20 bits per heavy atom. The number of aryl methyl sites for hydroxylation is 1. The second-order valence-corrected chi connectivity index (χ2v) is 8.85. The molecule has 1 aliphatic heterocycles. The predicted octanol–water partition coefficient (Wildman–Crippen LogP) is 4.71. The Hall–Kier alpha value is -2.34. The second kappa shape index (κ2) is 10.6. The van der Waals surface area contributed by atoms with E-state index < -0.39 is 6.04 Å². The zero-order chi connectivity index (χ0) is 21.5. The van der Waals surface area contributed by atoms with E-state index in [4.69, 9.17) is 0 Å². The molecule has 2 aromatic carbocycles. The van der Waals surface area contributed by atoms with Crippen molar-refractivity contribution >= 4 is 23.6 Å². The average Bonchev–Trinajstić information content (AvgIpc) is 3.19. The molecule has 160 valence electrons. The lowest BCUT2D eigenvalue weighted by molar-refractivity contribution is -0.140. The van der Waals surface area contributed by atoms with Crippen LogP contribution in [0, 0.1) is 5.82 Å². The van der Waals surface area contributed by atoms with Gasteiger partial charge in [-0.05, 0) is 49.4 Å². The maximum atomic E-state index is 13.8. The molecular weight excluding hydrogens is 399 g/mol. The fraction of sp³-hybridized carbons (Fsp3) is 0.417. The van der Waals surface area contributed by atoms with Crippen LogP contribution in [0.25, 0.3) is 0 Å². The third-order valence-corrected chi connectivity index (χ3v) is 6.61. The van der Waals surface area contributed by atoms with Crippen LogP contribution in [-0.2, 0) is 16.0 Å². The molecule has 30 heavy (non-hydrogen) atoms. The third-order valence-electron chi connectivity index (χ3n) is 5.29. The first kappa shape index (κ1) is 22.3. The Bertz CT molecular complexity index is 861. The summed E-state index contributed by atoms with van der Waals surface area (Å²) < 4.78 is 13.8. The monoisotopic (exact) mass is 428 g/mol. The molecule has 1 aliphatic rings. The SMILES string of the molecule is CCCC(=O)N1[C@@H](C(=O)N[C@@H](C)CCc2ccccc2)CS[C@@H]1c1cccc(F)c1. The van der Waals surface area contributed by atoms with Crippen LogP contribution in [0.1, 0.15) is 49.6 Å². The highest BCUT2D eigenvalue weighted by Crippen LogP contribution is 2.42. The molecule has 0 saturated carbocycles. The highest BCUT2D eigenvalue weighted by Gasteiger charge is 2.42. The minimum Gasteiger partial charge on any atom is -0.352 e. The molecule has 0 aromatic heterocycles. The second-order valence-electron chi connectivity index (χ2n) is 7.74. The van der Waals surface area contributed by atoms with Gasteiger partial charge in [0.15, 0.2) is 0 Å². The van der Waals surface area contributed by atoms with E-state index in [0.717, 1.165) is 18.4 Å². The van der Waals surface area contributed by atoms with E-state index in [1.165, 1.54) is 29.5 Å². The summed E-state index contributed by atoms with van der Waals surface area (Å²) in [5, 5.41) is 2.74. The van der Waals surface area contributed by atoms with Crippen LogP contribution in [-0.4, -0.2) is 34.6 Å². The Kier molecular flexibility index (Phi) is 7.91. The highest BCUT2D eigenvalue weighted by molar-refractivity contribution is 7.99. The summed E-state index contributed by atoms with van der Waals surface area (Å²) in [6.07, 6.45) is 2.79. The average molecular weight is 429 g/mol. The first-order chi connectivity index (χ1) is 14.5. The fourth-order valence-electron chi connectivity index (χ4n) is 3.71. The molecule has 0 bridgehead atoms. The molecule has 0 spiro atoms. The first-order valence-corrected chi connectivity index (χ1v) is 11.6. The smallest absolute Gasteiger partial charge is 0.243 e. The number of hydrogen-bond donors (Lipinski definition) is 1. The van der Waals surface area contributed by atoms with Crippen molar-refractivity contribution in [1.82, 2.24) is 10.2 Å². The maximum absolute atomic E-state index is 13.8. The number of thioether (sulfide) groups is 1. The lowest BCUT2D eigenvalue weighted by atomic mass is 10.1. The van der Waals surface area contributed by atoms with E-state index in [1.54, 1.807) is 11.0 Å². The largest absolute Gasteiger partial charge is 0.352 e. The van der Waals surface area contributed by atoms with Gasteiger partial charge in [-0.2, -0.15) is 0 Å². The van der Waals surface area contributed by atoms with Crippen molar-refractivity contribution in [2.24, 2.45) is 0 Å². The Balaban J connectivity index is 1.67. The molecule has 4 nitrogen and oxygen atoms in total. The van der Waals surface area contributed by atoms with Gasteiger partial charge in [0.2, 0.25) is 11.8 Å². The van der Waals surface area contributed by atoms with Gasteiger partial charge in [0, 0.05) is 18.2 Å². The van der Waals surface area contributed by atoms with Gasteiger partial charge in [-0.1, -0.05) is 49.4 Å². The Morgan fingerprint density at radius 3 is 2.67 bits per heavy atom.